The van der Waals surface area contributed by atoms with Gasteiger partial charge in [-0.3, -0.25) is 24.5 Å². The molecule has 0 fully saturated rings. The first kappa shape index (κ1) is 22.0. The predicted molar refractivity (Wildman–Crippen MR) is 114 cm³/mol. The van der Waals surface area contributed by atoms with Gasteiger partial charge in [-0.05, 0) is 18.1 Å². The zero-order chi connectivity index (χ0) is 22.7. The maximum Gasteiger partial charge on any atom is 0.329 e. The number of non-ortho nitro benzene ring substituents is 1. The van der Waals surface area contributed by atoms with Crippen molar-refractivity contribution in [3.8, 4) is 5.75 Å². The van der Waals surface area contributed by atoms with Gasteiger partial charge in [0.25, 0.3) is 11.2 Å². The van der Waals surface area contributed by atoms with Crippen LogP contribution in [0.25, 0.3) is 11.2 Å². The van der Waals surface area contributed by atoms with Crippen molar-refractivity contribution < 1.29 is 14.8 Å². The van der Waals surface area contributed by atoms with E-state index in [0.717, 1.165) is 0 Å². The summed E-state index contributed by atoms with van der Waals surface area (Å²) in [7, 11) is 1.50. The molecule has 2 aromatic heterocycles. The molecule has 0 saturated carbocycles. The molecule has 31 heavy (non-hydrogen) atoms. The molecule has 0 saturated heterocycles. The number of H-pyrrole nitrogens is 1. The molecular weight excluding hydrogens is 408 g/mol. The van der Waals surface area contributed by atoms with Crippen LogP contribution in [0.1, 0.15) is 13.8 Å². The molecule has 0 aliphatic carbocycles. The third-order valence-electron chi connectivity index (χ3n) is 4.56. The second-order valence-corrected chi connectivity index (χ2v) is 7.53. The number of nitrogens with zero attached hydrogens (tertiary/aromatic N) is 4. The maximum atomic E-state index is 12.4. The Hall–Kier alpha value is -3.67. The summed E-state index contributed by atoms with van der Waals surface area (Å²) in [6.45, 7) is 4.45. The monoisotopic (exact) mass is 432 g/mol. The van der Waals surface area contributed by atoms with Crippen LogP contribution in [0.5, 0.6) is 5.75 Å². The molecule has 1 atom stereocenters. The van der Waals surface area contributed by atoms with Crippen LogP contribution in [0.2, 0.25) is 0 Å². The van der Waals surface area contributed by atoms with Gasteiger partial charge in [0.2, 0.25) is 5.95 Å². The Kier molecular flexibility index (Phi) is 6.39. The van der Waals surface area contributed by atoms with Gasteiger partial charge < -0.3 is 19.7 Å². The first-order valence-corrected chi connectivity index (χ1v) is 9.66. The van der Waals surface area contributed by atoms with Gasteiger partial charge in [-0.25, -0.2) is 4.79 Å². The number of aliphatic hydroxyl groups is 1. The average molecular weight is 432 g/mol. The Morgan fingerprint density at radius 1 is 1.29 bits per heavy atom. The van der Waals surface area contributed by atoms with Gasteiger partial charge in [0.15, 0.2) is 11.2 Å². The Bertz CT molecular complexity index is 1190. The lowest BCUT2D eigenvalue weighted by molar-refractivity contribution is -0.384. The molecular formula is C19H24N6O6. The molecule has 0 aliphatic heterocycles. The minimum Gasteiger partial charge on any atom is -0.491 e. The molecule has 0 radical (unpaired) electrons. The van der Waals surface area contributed by atoms with Crippen LogP contribution in [0, 0.1) is 16.0 Å². The zero-order valence-corrected chi connectivity index (χ0v) is 17.4. The zero-order valence-electron chi connectivity index (χ0n) is 17.4. The fraction of sp³-hybridized carbons (Fsp3) is 0.421. The molecule has 0 amide bonds. The lowest BCUT2D eigenvalue weighted by Crippen LogP contribution is -2.31. The number of aromatic amines is 1. The van der Waals surface area contributed by atoms with Gasteiger partial charge in [-0.15, -0.1) is 0 Å². The van der Waals surface area contributed by atoms with E-state index in [1.54, 1.807) is 0 Å². The van der Waals surface area contributed by atoms with Crippen LogP contribution >= 0.6 is 0 Å². The highest BCUT2D eigenvalue weighted by Crippen LogP contribution is 2.19. The smallest absolute Gasteiger partial charge is 0.329 e. The highest BCUT2D eigenvalue weighted by Gasteiger charge is 2.20. The number of nitrogens with one attached hydrogen (secondary N) is 2. The number of benzene rings is 1. The van der Waals surface area contributed by atoms with Gasteiger partial charge in [0.1, 0.15) is 18.5 Å². The fourth-order valence-corrected chi connectivity index (χ4v) is 2.96. The van der Waals surface area contributed by atoms with Crippen LogP contribution in [-0.2, 0) is 13.6 Å². The summed E-state index contributed by atoms with van der Waals surface area (Å²) < 4.78 is 8.25. The van der Waals surface area contributed by atoms with Crippen molar-refractivity contribution in [3.63, 3.8) is 0 Å². The van der Waals surface area contributed by atoms with Gasteiger partial charge in [-0.2, -0.15) is 4.98 Å². The van der Waals surface area contributed by atoms with Crippen molar-refractivity contribution in [2.45, 2.75) is 26.5 Å². The third kappa shape index (κ3) is 4.91. The minimum absolute atomic E-state index is 0.0226. The molecule has 0 aliphatic rings. The van der Waals surface area contributed by atoms with E-state index in [2.05, 4.69) is 15.3 Å². The average Bonchev–Trinajstić information content (AvgIpc) is 3.08. The van der Waals surface area contributed by atoms with Gasteiger partial charge >= 0.3 is 5.69 Å². The van der Waals surface area contributed by atoms with Crippen molar-refractivity contribution in [1.29, 1.82) is 0 Å². The van der Waals surface area contributed by atoms with Crippen molar-refractivity contribution >= 4 is 22.8 Å². The summed E-state index contributed by atoms with van der Waals surface area (Å²) in [6.07, 6.45) is -1.02. The summed E-state index contributed by atoms with van der Waals surface area (Å²) in [4.78, 5) is 41.2. The van der Waals surface area contributed by atoms with E-state index in [4.69, 9.17) is 4.74 Å². The summed E-state index contributed by atoms with van der Waals surface area (Å²) in [5.41, 5.74) is -0.902. The number of hydrogen-bond donors (Lipinski definition) is 3. The number of hydrogen-bond acceptors (Lipinski definition) is 8. The number of nitro benzene ring substituents is 1. The molecule has 12 nitrogen and oxygen atoms in total. The van der Waals surface area contributed by atoms with Gasteiger partial charge in [-0.1, -0.05) is 13.8 Å². The van der Waals surface area contributed by atoms with Crippen LogP contribution in [0.4, 0.5) is 11.6 Å². The summed E-state index contributed by atoms with van der Waals surface area (Å²) in [5.74, 6) is 1.01. The molecule has 166 valence electrons. The Morgan fingerprint density at radius 2 is 1.97 bits per heavy atom. The number of aromatic nitrogens is 4. The first-order chi connectivity index (χ1) is 14.7. The Balaban J connectivity index is 1.83. The van der Waals surface area contributed by atoms with Gasteiger partial charge in [0, 0.05) is 25.7 Å². The first-order valence-electron chi connectivity index (χ1n) is 9.66. The lowest BCUT2D eigenvalue weighted by atomic mass is 10.2. The summed E-state index contributed by atoms with van der Waals surface area (Å²) in [5, 5.41) is 24.4. The number of anilines is 1. The van der Waals surface area contributed by atoms with E-state index in [1.165, 1.54) is 40.4 Å². The van der Waals surface area contributed by atoms with E-state index in [1.807, 2.05) is 13.8 Å². The number of aliphatic hydroxyl groups excluding tert-OH is 1. The van der Waals surface area contributed by atoms with Gasteiger partial charge in [0.05, 0.1) is 11.5 Å². The summed E-state index contributed by atoms with van der Waals surface area (Å²) >= 11 is 0. The molecule has 1 aromatic carbocycles. The van der Waals surface area contributed by atoms with Crippen molar-refractivity contribution in [1.82, 2.24) is 19.1 Å². The number of rotatable bonds is 9. The standard InChI is InChI=1S/C19H24N6O6/c1-11(2)8-20-18-21-16-15(17(27)22-19(28)23(16)3)24(18)9-13(26)10-31-14-6-4-12(5-7-14)25(29)30/h4-7,11,13,26H,8-10H2,1-3H3,(H,20,21)(H,22,27,28)/t13-/m1/s1. The topological polar surface area (TPSA) is 157 Å². The number of imidazole rings is 1. The predicted octanol–water partition coefficient (Wildman–Crippen LogP) is 0.839. The van der Waals surface area contributed by atoms with E-state index >= 15 is 0 Å². The third-order valence-corrected chi connectivity index (χ3v) is 4.56. The quantitative estimate of drug-likeness (QED) is 0.331. The molecule has 0 unspecified atom stereocenters. The SMILES string of the molecule is CC(C)CNc1nc2c(c(=O)[nH]c(=O)n2C)n1C[C@@H](O)COc1ccc([N+](=O)[O-])cc1. The second kappa shape index (κ2) is 9.00. The number of nitro groups is 1. The minimum atomic E-state index is -1.02. The lowest BCUT2D eigenvalue weighted by Gasteiger charge is -2.16. The van der Waals surface area contributed by atoms with Crippen LogP contribution in [0.3, 0.4) is 0 Å². The van der Waals surface area contributed by atoms with Crippen molar-refractivity contribution in [2.75, 3.05) is 18.5 Å². The largest absolute Gasteiger partial charge is 0.491 e. The fourth-order valence-electron chi connectivity index (χ4n) is 2.96. The maximum absolute atomic E-state index is 12.4. The van der Waals surface area contributed by atoms with E-state index in [-0.39, 0.29) is 30.0 Å². The van der Waals surface area contributed by atoms with Crippen LogP contribution in [0.15, 0.2) is 33.9 Å². The molecule has 0 bridgehead atoms. The number of fused-ring (bicyclic) bond motifs is 1. The molecule has 12 heteroatoms. The number of aryl methyl sites for hydroxylation is 1. The Morgan fingerprint density at radius 3 is 2.58 bits per heavy atom. The van der Waals surface area contributed by atoms with Crippen LogP contribution < -0.4 is 21.3 Å². The molecule has 3 aromatic rings. The van der Waals surface area contributed by atoms with Crippen molar-refractivity contribution in [2.24, 2.45) is 13.0 Å². The highest BCUT2D eigenvalue weighted by molar-refractivity contribution is 5.74. The number of ether oxygens (including phenoxy) is 1. The Labute approximate surface area is 176 Å². The van der Waals surface area contributed by atoms with E-state index in [0.29, 0.717) is 24.2 Å². The summed E-state index contributed by atoms with van der Waals surface area (Å²) in [6, 6.07) is 5.49. The molecule has 3 rings (SSSR count). The van der Waals surface area contributed by atoms with Crippen LogP contribution in [-0.4, -0.2) is 48.4 Å². The molecule has 0 spiro atoms. The van der Waals surface area contributed by atoms with E-state index < -0.39 is 22.3 Å². The highest BCUT2D eigenvalue weighted by atomic mass is 16.6. The molecule has 3 N–H and O–H groups in total. The second-order valence-electron chi connectivity index (χ2n) is 7.53. The normalized spacial score (nSPS) is 12.3. The van der Waals surface area contributed by atoms with E-state index in [9.17, 15) is 24.8 Å². The molecule has 2 heterocycles. The van der Waals surface area contributed by atoms with Crippen molar-refractivity contribution in [3.05, 3.63) is 55.2 Å².